The third-order valence-electron chi connectivity index (χ3n) is 6.03. The van der Waals surface area contributed by atoms with Gasteiger partial charge in [0.2, 0.25) is 0 Å². The SMILES string of the molecule is CC1=[C-]c2ccccc2C1=[Si](c1ccccc1)c1ccccc1.Cc1cc2ccccc2[cH-]1.[Mg+2]. The van der Waals surface area contributed by atoms with Gasteiger partial charge in [0.1, 0.15) is 0 Å². The molecule has 6 rings (SSSR count). The molecule has 34 heavy (non-hydrogen) atoms. The van der Waals surface area contributed by atoms with E-state index in [1.165, 1.54) is 48.6 Å². The van der Waals surface area contributed by atoms with Crippen LogP contribution in [0, 0.1) is 13.0 Å². The first-order valence-corrected chi connectivity index (χ1v) is 12.9. The first-order chi connectivity index (χ1) is 16.2. The van der Waals surface area contributed by atoms with Gasteiger partial charge in [0.15, 0.2) is 0 Å². The van der Waals surface area contributed by atoms with Crippen molar-refractivity contribution in [1.82, 2.24) is 0 Å². The molecule has 0 atom stereocenters. The second-order valence-electron chi connectivity index (χ2n) is 8.44. The molecule has 0 radical (unpaired) electrons. The van der Waals surface area contributed by atoms with E-state index < -0.39 is 8.41 Å². The Balaban J connectivity index is 0.000000209. The van der Waals surface area contributed by atoms with Crippen LogP contribution in [0.2, 0.25) is 0 Å². The van der Waals surface area contributed by atoms with Crippen LogP contribution in [-0.2, 0) is 0 Å². The van der Waals surface area contributed by atoms with Crippen LogP contribution in [0.1, 0.15) is 23.6 Å². The molecule has 0 unspecified atom stereocenters. The van der Waals surface area contributed by atoms with E-state index >= 15 is 0 Å². The molecule has 0 saturated carbocycles. The van der Waals surface area contributed by atoms with Gasteiger partial charge in [0.25, 0.3) is 0 Å². The van der Waals surface area contributed by atoms with E-state index in [1.807, 2.05) is 0 Å². The molecule has 1 aliphatic rings. The molecule has 0 heterocycles. The van der Waals surface area contributed by atoms with Crippen molar-refractivity contribution in [3.05, 3.63) is 150 Å². The van der Waals surface area contributed by atoms with E-state index in [0.29, 0.717) is 0 Å². The summed E-state index contributed by atoms with van der Waals surface area (Å²) in [6.07, 6.45) is 3.57. The molecule has 5 aromatic carbocycles. The molecule has 0 saturated heterocycles. The van der Waals surface area contributed by atoms with Gasteiger partial charge in [-0.2, -0.15) is 11.6 Å². The van der Waals surface area contributed by atoms with E-state index in [1.54, 1.807) is 0 Å². The van der Waals surface area contributed by atoms with Crippen LogP contribution in [-0.4, -0.2) is 36.6 Å². The average Bonchev–Trinajstić information content (AvgIpc) is 3.40. The van der Waals surface area contributed by atoms with E-state index in [-0.39, 0.29) is 23.1 Å². The minimum Gasteiger partial charge on any atom is -0.165 e. The molecule has 0 aromatic heterocycles. The number of benzene rings is 4. The summed E-state index contributed by atoms with van der Waals surface area (Å²) >= 11 is 0. The van der Waals surface area contributed by atoms with E-state index in [4.69, 9.17) is 0 Å². The van der Waals surface area contributed by atoms with Gasteiger partial charge in [0.05, 0.1) is 0 Å². The van der Waals surface area contributed by atoms with Gasteiger partial charge in [-0.1, -0.05) is 86.6 Å². The summed E-state index contributed by atoms with van der Waals surface area (Å²) in [6.45, 7) is 4.33. The van der Waals surface area contributed by atoms with Crippen molar-refractivity contribution in [1.29, 1.82) is 0 Å². The normalized spacial score (nSPS) is 11.7. The minimum absolute atomic E-state index is 0. The summed E-state index contributed by atoms with van der Waals surface area (Å²) in [5.74, 6) is 0. The van der Waals surface area contributed by atoms with Gasteiger partial charge in [-0.3, -0.25) is 0 Å². The molecule has 1 aliphatic carbocycles. The Labute approximate surface area is 220 Å². The predicted molar refractivity (Wildman–Crippen MR) is 150 cm³/mol. The van der Waals surface area contributed by atoms with Crippen LogP contribution in [0.15, 0.2) is 127 Å². The van der Waals surface area contributed by atoms with Crippen molar-refractivity contribution in [3.63, 3.8) is 0 Å². The van der Waals surface area contributed by atoms with Crippen LogP contribution in [0.25, 0.3) is 10.8 Å². The second-order valence-corrected chi connectivity index (χ2v) is 10.8. The minimum atomic E-state index is -1.02. The summed E-state index contributed by atoms with van der Waals surface area (Å²) in [5, 5.41) is 7.02. The van der Waals surface area contributed by atoms with Crippen molar-refractivity contribution in [2.75, 3.05) is 0 Å². The third-order valence-corrected chi connectivity index (χ3v) is 9.00. The van der Waals surface area contributed by atoms with Gasteiger partial charge in [0, 0.05) is 8.41 Å². The summed E-state index contributed by atoms with van der Waals surface area (Å²) in [7, 11) is -1.02. The number of aryl methyl sites for hydroxylation is 1. The molecular formula is C32H26MgSi. The Morgan fingerprint density at radius 2 is 1.21 bits per heavy atom. The number of hydrogen-bond donors (Lipinski definition) is 0. The number of hydrogen-bond acceptors (Lipinski definition) is 0. The maximum atomic E-state index is 3.57. The van der Waals surface area contributed by atoms with Gasteiger partial charge in [-0.25, -0.2) is 0 Å². The fourth-order valence-corrected chi connectivity index (χ4v) is 7.46. The fourth-order valence-electron chi connectivity index (χ4n) is 4.57. The van der Waals surface area contributed by atoms with E-state index in [9.17, 15) is 0 Å². The quantitative estimate of drug-likeness (QED) is 0.233. The molecule has 0 amide bonds. The number of rotatable bonds is 2. The Hall–Kier alpha value is -2.92. The largest absolute Gasteiger partial charge is 2.00 e. The molecule has 0 spiro atoms. The molecule has 2 heteroatoms. The van der Waals surface area contributed by atoms with E-state index in [0.717, 1.165) is 0 Å². The van der Waals surface area contributed by atoms with Gasteiger partial charge < -0.3 is 0 Å². The van der Waals surface area contributed by atoms with Crippen molar-refractivity contribution in [2.24, 2.45) is 0 Å². The van der Waals surface area contributed by atoms with Crippen LogP contribution in [0.5, 0.6) is 0 Å². The molecule has 160 valence electrons. The molecular weight excluding hydrogens is 437 g/mol. The molecule has 0 N–H and O–H groups in total. The molecule has 0 nitrogen and oxygen atoms in total. The first-order valence-electron chi connectivity index (χ1n) is 11.4. The second kappa shape index (κ2) is 11.0. The Kier molecular flexibility index (Phi) is 7.84. The topological polar surface area (TPSA) is 0 Å². The fraction of sp³-hybridized carbons (Fsp3) is 0.0625. The predicted octanol–water partition coefficient (Wildman–Crippen LogP) is 5.70. The zero-order valence-corrected chi connectivity index (χ0v) is 22.2. The number of allylic oxidation sites excluding steroid dienone is 1. The van der Waals surface area contributed by atoms with E-state index in [2.05, 4.69) is 141 Å². The summed E-state index contributed by atoms with van der Waals surface area (Å²) in [5.41, 5.74) is 5.22. The van der Waals surface area contributed by atoms with Crippen molar-refractivity contribution < 1.29 is 0 Å². The third kappa shape index (κ3) is 5.10. The maximum Gasteiger partial charge on any atom is 2.00 e. The molecule has 0 bridgehead atoms. The van der Waals surface area contributed by atoms with Crippen LogP contribution in [0.3, 0.4) is 0 Å². The van der Waals surface area contributed by atoms with Crippen molar-refractivity contribution >= 4 is 57.8 Å². The molecule has 0 fully saturated rings. The summed E-state index contributed by atoms with van der Waals surface area (Å²) in [6, 6.07) is 43.3. The zero-order valence-electron chi connectivity index (χ0n) is 19.8. The molecule has 0 aliphatic heterocycles. The van der Waals surface area contributed by atoms with Crippen molar-refractivity contribution in [2.45, 2.75) is 13.8 Å². The summed E-state index contributed by atoms with van der Waals surface area (Å²) < 4.78 is 0. The smallest absolute Gasteiger partial charge is 0.165 e. The zero-order chi connectivity index (χ0) is 22.6. The standard InChI is InChI=1S/C22H17Si.C10H9.Mg/c1-17-16-18-10-8-9-15-21(18)22(17)23(19-11-4-2-5-12-19)20-13-6-3-7-14-20;1-8-6-9-4-2-3-5-10(9)7-8;/h2-15H,1H3;2-7H,1H3;/q2*-1;+2. The van der Waals surface area contributed by atoms with Crippen LogP contribution < -0.4 is 10.4 Å². The van der Waals surface area contributed by atoms with Crippen molar-refractivity contribution in [3.8, 4) is 0 Å². The van der Waals surface area contributed by atoms with Crippen LogP contribution >= 0.6 is 0 Å². The van der Waals surface area contributed by atoms with Gasteiger partial charge in [-0.05, 0) is 10.4 Å². The number of fused-ring (bicyclic) bond motifs is 2. The maximum absolute atomic E-state index is 3.57. The Bertz CT molecular complexity index is 1380. The monoisotopic (exact) mass is 462 g/mol. The van der Waals surface area contributed by atoms with Gasteiger partial charge >= 0.3 is 23.1 Å². The average molecular weight is 463 g/mol. The first kappa shape index (κ1) is 24.2. The molecule has 5 aromatic rings. The van der Waals surface area contributed by atoms with Crippen LogP contribution in [0.4, 0.5) is 0 Å². The Morgan fingerprint density at radius 3 is 1.85 bits per heavy atom. The Morgan fingerprint density at radius 1 is 0.647 bits per heavy atom. The summed E-state index contributed by atoms with van der Waals surface area (Å²) in [4.78, 5) is 0. The van der Waals surface area contributed by atoms with Gasteiger partial charge in [-0.15, -0.1) is 81.2 Å².